The zero-order valence-electron chi connectivity index (χ0n) is 70.5. The van der Waals surface area contributed by atoms with E-state index in [1.165, 1.54) is 12.2 Å². The van der Waals surface area contributed by atoms with Crippen molar-refractivity contribution in [1.29, 1.82) is 0 Å². The van der Waals surface area contributed by atoms with E-state index in [0.717, 1.165) is 106 Å². The third-order valence-corrected chi connectivity index (χ3v) is 23.6. The molecule has 7 heterocycles. The minimum absolute atomic E-state index is 0.0338. The number of aromatic nitrogens is 6. The van der Waals surface area contributed by atoms with E-state index in [9.17, 15) is 24.0 Å². The second kappa shape index (κ2) is 40.7. The number of rotatable bonds is 24. The molecule has 5 N–H and O–H groups in total. The average Bonchev–Trinajstić information content (AvgIpc) is 0.946. The summed E-state index contributed by atoms with van der Waals surface area (Å²) in [4.78, 5) is 98.0. The quantitative estimate of drug-likeness (QED) is 0.0277. The third-order valence-electron chi connectivity index (χ3n) is 21.2. The molecule has 0 saturated carbocycles. The van der Waals surface area contributed by atoms with Gasteiger partial charge in [0.2, 0.25) is 29.6 Å². The van der Waals surface area contributed by atoms with Crippen LogP contribution in [-0.2, 0) is 43.1 Å². The van der Waals surface area contributed by atoms with Crippen molar-refractivity contribution in [3.05, 3.63) is 189 Å². The standard InChI is InChI=1S/C31H36Cl2N4O4.C30H34Cl2N6O3.C29H33Cl2N5O4/c1-8-18(2)35-23-11-12-37(30(38)41-31(3,4)5)17-21(23)14-26-34-16-20-13-19(9-10-22(20)36-26)27-28(32)24(39-6)15-25(40-7)29(27)33;1-4-18-13-24(41-3)29(32)27(28(18)31)19-8-9-21-20(12-19)14-33-30(35-21)36-23-16-38(15-22(23)34-25(39)5-2)26(40)17-37-10-6-7-11-37;1-7-16-12-22(39-6)26(31)24(25(16)30)17-9-10-19-18(11-17)13-32-27(34-19)35-21-15-36(28(38)40-29(3,4)5)14-20(21)33-23(37)8-2/h8-10,13,15-16,21,23,35H,1-2,11-12,14,17H2,3-7H3;5,8-9,12-14,22-23H,2,4,6-7,10-11,15-17H2,1,3H3,(H,34,39)(H,33,35,36);8-13,20-21H,2,7,14-15H2,1,3-6H3,(H,33,37)(H,32,34,35)/t21-,23+;22-,23+;/m10./s1. The van der Waals surface area contributed by atoms with Gasteiger partial charge in [-0.15, -0.1) is 0 Å². The van der Waals surface area contributed by atoms with Gasteiger partial charge in [0.25, 0.3) is 0 Å². The third kappa shape index (κ3) is 22.5. The number of allylic oxidation sites excluding steroid dienone is 1. The number of halogens is 6. The van der Waals surface area contributed by atoms with Crippen LogP contribution in [0.15, 0.2) is 142 Å². The van der Waals surface area contributed by atoms with Crippen LogP contribution in [-0.4, -0.2) is 208 Å². The first-order valence-electron chi connectivity index (χ1n) is 40.1. The number of nitrogens with zero attached hydrogens (tertiary/aromatic N) is 10. The molecule has 0 bridgehead atoms. The highest BCUT2D eigenvalue weighted by Gasteiger charge is 2.41. The first-order valence-corrected chi connectivity index (χ1v) is 42.4. The van der Waals surface area contributed by atoms with Crippen LogP contribution in [0.2, 0.25) is 30.1 Å². The lowest BCUT2D eigenvalue weighted by Crippen LogP contribution is -2.52. The summed E-state index contributed by atoms with van der Waals surface area (Å²) in [5.41, 5.74) is 8.06. The number of hydrogen-bond donors (Lipinski definition) is 5. The highest BCUT2D eigenvalue weighted by atomic mass is 35.5. The Balaban J connectivity index is 0.000000179. The average molecular weight is 1780 g/mol. The van der Waals surface area contributed by atoms with Crippen LogP contribution in [0.4, 0.5) is 21.5 Å². The molecule has 6 atom stereocenters. The molecule has 646 valence electrons. The van der Waals surface area contributed by atoms with Crippen molar-refractivity contribution >= 4 is 144 Å². The van der Waals surface area contributed by atoms with Crippen LogP contribution < -0.4 is 45.5 Å². The maximum atomic E-state index is 13.0. The summed E-state index contributed by atoms with van der Waals surface area (Å²) in [5, 5.41) is 21.2. The van der Waals surface area contributed by atoms with Gasteiger partial charge in [-0.05, 0) is 181 Å². The molecule has 0 spiro atoms. The van der Waals surface area contributed by atoms with Crippen molar-refractivity contribution in [2.75, 3.05) is 98.0 Å². The monoisotopic (exact) mass is 1780 g/mol. The summed E-state index contributed by atoms with van der Waals surface area (Å²) in [6, 6.07) is 21.4. The first kappa shape index (κ1) is 92.3. The molecule has 122 heavy (non-hydrogen) atoms. The first-order chi connectivity index (χ1) is 58.2. The van der Waals surface area contributed by atoms with Gasteiger partial charge in [-0.1, -0.05) is 128 Å². The Morgan fingerprint density at radius 1 is 0.475 bits per heavy atom. The van der Waals surface area contributed by atoms with Gasteiger partial charge in [-0.2, -0.15) is 0 Å². The number of piperidine rings is 1. The van der Waals surface area contributed by atoms with Gasteiger partial charge in [-0.25, -0.2) is 39.5 Å². The normalized spacial score (nSPS) is 17.7. The summed E-state index contributed by atoms with van der Waals surface area (Å²) in [7, 11) is 6.24. The summed E-state index contributed by atoms with van der Waals surface area (Å²) in [6.07, 6.45) is 13.6. The van der Waals surface area contributed by atoms with Gasteiger partial charge < -0.3 is 69.7 Å². The van der Waals surface area contributed by atoms with E-state index >= 15 is 0 Å². The van der Waals surface area contributed by atoms with Gasteiger partial charge >= 0.3 is 12.2 Å². The molecule has 0 aliphatic carbocycles. The molecule has 4 aliphatic heterocycles. The number of hydrogen-bond acceptors (Lipinski definition) is 21. The number of ether oxygens (including phenoxy) is 6. The van der Waals surface area contributed by atoms with Gasteiger partial charge in [0.15, 0.2) is 0 Å². The number of carbonyl (C=O) groups excluding carboxylic acids is 5. The molecule has 4 saturated heterocycles. The lowest BCUT2D eigenvalue weighted by molar-refractivity contribution is -0.131. The minimum atomic E-state index is -0.639. The van der Waals surface area contributed by atoms with E-state index in [-0.39, 0.29) is 60.4 Å². The van der Waals surface area contributed by atoms with Gasteiger partial charge in [-0.3, -0.25) is 19.3 Å². The molecule has 3 aromatic heterocycles. The van der Waals surface area contributed by atoms with Crippen molar-refractivity contribution in [2.45, 2.75) is 135 Å². The topological polar surface area (TPSA) is 291 Å². The molecule has 5 amide bonds. The largest absolute Gasteiger partial charge is 0.495 e. The summed E-state index contributed by atoms with van der Waals surface area (Å²) in [5.74, 6) is 2.97. The van der Waals surface area contributed by atoms with E-state index in [0.29, 0.717) is 139 Å². The van der Waals surface area contributed by atoms with Crippen molar-refractivity contribution in [2.24, 2.45) is 5.92 Å². The smallest absolute Gasteiger partial charge is 0.410 e. The molecule has 4 fully saturated rings. The number of methoxy groups -OCH3 is 4. The molecule has 32 heteroatoms. The Kier molecular flexibility index (Phi) is 30.8. The highest BCUT2D eigenvalue weighted by Crippen LogP contribution is 2.48. The molecule has 26 nitrogen and oxygen atoms in total. The zero-order valence-corrected chi connectivity index (χ0v) is 75.1. The maximum absolute atomic E-state index is 13.0. The van der Waals surface area contributed by atoms with Crippen LogP contribution in [0.3, 0.4) is 0 Å². The van der Waals surface area contributed by atoms with Gasteiger partial charge in [0, 0.05) is 121 Å². The fourth-order valence-corrected chi connectivity index (χ4v) is 17.3. The number of anilines is 2. The SMILES string of the molecule is C=CC(=C)N[C@H]1CCN(C(=O)OC(C)(C)C)C[C@H]1Cc1ncc2cc(-c3c(Cl)c(OC)cc(OC)c3Cl)ccc2n1.C=CC(=O)NC1CN(C(=O)OC(C)(C)C)CC1Nc1ncc2cc(-c3c(Cl)c(CC)cc(OC)c3Cl)ccc2n1.C=CC(=O)N[C@H]1CN(C(=O)CN2CCCC2)C[C@H]1Nc1ncc2cc(-c3c(Cl)c(CC)cc(OC)c3Cl)ccc2n1. The van der Waals surface area contributed by atoms with E-state index in [1.807, 2.05) is 101 Å². The molecule has 4 aliphatic rings. The molecular formula is C90H103Cl6N15O11. The Bertz CT molecular complexity index is 5370. The van der Waals surface area contributed by atoms with Crippen molar-refractivity contribution < 1.29 is 52.4 Å². The van der Waals surface area contributed by atoms with Crippen LogP contribution in [0.5, 0.6) is 23.0 Å². The second-order valence-electron chi connectivity index (χ2n) is 31.9. The number of nitrogens with one attached hydrogen (secondary N) is 5. The fourth-order valence-electron chi connectivity index (χ4n) is 15.0. The number of amides is 5. The van der Waals surface area contributed by atoms with E-state index in [4.69, 9.17) is 108 Å². The number of likely N-dealkylation sites (tertiary alicyclic amines) is 4. The molecule has 9 aromatic rings. The Labute approximate surface area is 741 Å². The molecule has 2 unspecified atom stereocenters. The van der Waals surface area contributed by atoms with Crippen LogP contribution >= 0.6 is 69.6 Å². The summed E-state index contributed by atoms with van der Waals surface area (Å²) < 4.78 is 32.9. The summed E-state index contributed by atoms with van der Waals surface area (Å²) >= 11 is 40.1. The molecule has 13 rings (SSSR count). The Hall–Kier alpha value is -10.5. The Morgan fingerprint density at radius 2 is 0.877 bits per heavy atom. The number of benzene rings is 6. The van der Waals surface area contributed by atoms with Crippen molar-refractivity contribution in [1.82, 2.24) is 65.5 Å². The van der Waals surface area contributed by atoms with Crippen LogP contribution in [0.1, 0.15) is 91.6 Å². The number of aryl methyl sites for hydroxylation is 2. The van der Waals surface area contributed by atoms with Crippen molar-refractivity contribution in [3.8, 4) is 56.4 Å². The van der Waals surface area contributed by atoms with Gasteiger partial charge in [0.1, 0.15) is 40.0 Å². The molecule has 0 radical (unpaired) electrons. The lowest BCUT2D eigenvalue weighted by Gasteiger charge is -2.39. The van der Waals surface area contributed by atoms with E-state index < -0.39 is 23.3 Å². The second-order valence-corrected chi connectivity index (χ2v) is 34.2. The number of fused-ring (bicyclic) bond motifs is 3. The van der Waals surface area contributed by atoms with E-state index in [2.05, 4.69) is 77.7 Å². The predicted octanol–water partition coefficient (Wildman–Crippen LogP) is 17.5. The Morgan fingerprint density at radius 3 is 1.30 bits per heavy atom. The summed E-state index contributed by atoms with van der Waals surface area (Å²) in [6.45, 7) is 34.7. The number of carbonyl (C=O) groups is 5. The zero-order chi connectivity index (χ0) is 88.2. The fraction of sp³-hybridized carbons (Fsp3) is 0.389. The lowest BCUT2D eigenvalue weighted by atomic mass is 9.88. The molecule has 6 aromatic carbocycles. The van der Waals surface area contributed by atoms with Crippen LogP contribution in [0.25, 0.3) is 66.1 Å². The molecular weight excluding hydrogens is 1680 g/mol. The predicted molar refractivity (Wildman–Crippen MR) is 485 cm³/mol. The minimum Gasteiger partial charge on any atom is -0.495 e. The maximum Gasteiger partial charge on any atom is 0.410 e. The van der Waals surface area contributed by atoms with Gasteiger partial charge in [0.05, 0.1) is 106 Å². The highest BCUT2D eigenvalue weighted by molar-refractivity contribution is 6.42. The van der Waals surface area contributed by atoms with Crippen LogP contribution in [0, 0.1) is 5.92 Å². The van der Waals surface area contributed by atoms with Crippen molar-refractivity contribution in [3.63, 3.8) is 0 Å². The van der Waals surface area contributed by atoms with E-state index in [1.54, 1.807) is 94.6 Å².